The molecule has 0 radical (unpaired) electrons. The number of hydrogen-bond donors (Lipinski definition) is 1. The monoisotopic (exact) mass is 324 g/mol. The fraction of sp³-hybridized carbons (Fsp3) is 0.286. The zero-order valence-electron chi connectivity index (χ0n) is 11.8. The number of hydrogen-bond acceptors (Lipinski definition) is 5. The number of rotatable bonds is 6. The van der Waals surface area contributed by atoms with Crippen LogP contribution in [0.3, 0.4) is 0 Å². The molecule has 0 aliphatic heterocycles. The van der Waals surface area contributed by atoms with Gasteiger partial charge in [0.15, 0.2) is 5.78 Å². The van der Waals surface area contributed by atoms with Crippen molar-refractivity contribution in [3.8, 4) is 0 Å². The van der Waals surface area contributed by atoms with Gasteiger partial charge in [0, 0.05) is 16.6 Å². The third kappa shape index (κ3) is 3.96. The zero-order valence-corrected chi connectivity index (χ0v) is 13.4. The Kier molecular flexibility index (Phi) is 4.87. The Labute approximate surface area is 128 Å². The van der Waals surface area contributed by atoms with Crippen LogP contribution in [0.1, 0.15) is 34.1 Å². The van der Waals surface area contributed by atoms with Crippen molar-refractivity contribution >= 4 is 27.1 Å². The van der Waals surface area contributed by atoms with E-state index in [0.717, 1.165) is 16.3 Å². The highest BCUT2D eigenvalue weighted by atomic mass is 32.2. The maximum absolute atomic E-state index is 12.2. The smallest absolute Gasteiger partial charge is 0.240 e. The summed E-state index contributed by atoms with van der Waals surface area (Å²) in [7, 11) is -3.65. The Morgan fingerprint density at radius 2 is 2.14 bits per heavy atom. The zero-order chi connectivity index (χ0) is 15.5. The summed E-state index contributed by atoms with van der Waals surface area (Å²) in [5.74, 6) is -0.167. The van der Waals surface area contributed by atoms with Gasteiger partial charge in [0.05, 0.1) is 11.4 Å². The highest BCUT2D eigenvalue weighted by Gasteiger charge is 2.15. The number of aryl methyl sites for hydroxylation is 1. The van der Waals surface area contributed by atoms with E-state index in [1.165, 1.54) is 30.4 Å². The summed E-state index contributed by atoms with van der Waals surface area (Å²) in [5, 5.41) is 0.721. The summed E-state index contributed by atoms with van der Waals surface area (Å²) in [6.45, 7) is 3.58. The number of benzene rings is 1. The van der Waals surface area contributed by atoms with Gasteiger partial charge in [0.1, 0.15) is 5.01 Å². The van der Waals surface area contributed by atoms with Gasteiger partial charge in [-0.2, -0.15) is 0 Å². The van der Waals surface area contributed by atoms with Gasteiger partial charge in [-0.05, 0) is 25.5 Å². The van der Waals surface area contributed by atoms with Crippen molar-refractivity contribution in [2.45, 2.75) is 31.7 Å². The molecule has 5 nitrogen and oxygen atoms in total. The van der Waals surface area contributed by atoms with Gasteiger partial charge in [-0.15, -0.1) is 11.3 Å². The second-order valence-electron chi connectivity index (χ2n) is 4.48. The van der Waals surface area contributed by atoms with Gasteiger partial charge in [-0.1, -0.05) is 19.1 Å². The molecule has 0 saturated carbocycles. The van der Waals surface area contributed by atoms with Gasteiger partial charge in [0.2, 0.25) is 10.0 Å². The first-order valence-corrected chi connectivity index (χ1v) is 8.76. The molecule has 0 bridgehead atoms. The summed E-state index contributed by atoms with van der Waals surface area (Å²) in [5.41, 5.74) is 0.375. The first-order valence-electron chi connectivity index (χ1n) is 6.46. The summed E-state index contributed by atoms with van der Waals surface area (Å²) >= 11 is 1.48. The second kappa shape index (κ2) is 6.46. The quantitative estimate of drug-likeness (QED) is 0.828. The molecule has 2 rings (SSSR count). The molecule has 0 amide bonds. The minimum atomic E-state index is -3.65. The maximum atomic E-state index is 12.2. The molecule has 7 heteroatoms. The van der Waals surface area contributed by atoms with Crippen LogP contribution in [-0.2, 0) is 23.0 Å². The fourth-order valence-corrected chi connectivity index (χ4v) is 3.64. The van der Waals surface area contributed by atoms with Crippen LogP contribution in [0.15, 0.2) is 35.4 Å². The van der Waals surface area contributed by atoms with Gasteiger partial charge in [-0.25, -0.2) is 18.1 Å². The first-order chi connectivity index (χ1) is 9.92. The predicted octanol–water partition coefficient (Wildman–Crippen LogP) is 2.39. The van der Waals surface area contributed by atoms with Crippen LogP contribution in [0, 0.1) is 0 Å². The molecule has 112 valence electrons. The molecule has 1 aromatic carbocycles. The Morgan fingerprint density at radius 3 is 2.76 bits per heavy atom. The molecule has 2 aromatic rings. The van der Waals surface area contributed by atoms with Crippen molar-refractivity contribution in [2.75, 3.05) is 0 Å². The average molecular weight is 324 g/mol. The van der Waals surface area contributed by atoms with Crippen LogP contribution < -0.4 is 4.72 Å². The van der Waals surface area contributed by atoms with E-state index in [0.29, 0.717) is 5.56 Å². The normalized spacial score (nSPS) is 11.5. The second-order valence-corrected chi connectivity index (χ2v) is 7.45. The lowest BCUT2D eigenvalue weighted by Crippen LogP contribution is -2.23. The number of thiazole rings is 1. The average Bonchev–Trinajstić information content (AvgIpc) is 2.93. The van der Waals surface area contributed by atoms with Crippen LogP contribution in [0.4, 0.5) is 0 Å². The molecule has 0 spiro atoms. The number of Topliss-reactive ketones (excluding diaryl/α,β-unsaturated/α-hetero) is 1. The number of carbonyl (C=O) groups is 1. The van der Waals surface area contributed by atoms with Crippen molar-refractivity contribution in [1.82, 2.24) is 9.71 Å². The number of aromatic nitrogens is 1. The van der Waals surface area contributed by atoms with Crippen molar-refractivity contribution in [3.05, 3.63) is 45.9 Å². The van der Waals surface area contributed by atoms with Crippen LogP contribution in [-0.4, -0.2) is 19.2 Å². The minimum absolute atomic E-state index is 0.0856. The largest absolute Gasteiger partial charge is 0.295 e. The van der Waals surface area contributed by atoms with Crippen molar-refractivity contribution in [3.63, 3.8) is 0 Å². The lowest BCUT2D eigenvalue weighted by molar-refractivity contribution is 0.101. The number of nitrogens with one attached hydrogen (secondary N) is 1. The summed E-state index contributed by atoms with van der Waals surface area (Å²) in [6.07, 6.45) is 2.63. The Bertz CT molecular complexity index is 751. The highest BCUT2D eigenvalue weighted by Crippen LogP contribution is 2.15. The van der Waals surface area contributed by atoms with E-state index < -0.39 is 10.0 Å². The number of ketones is 1. The predicted molar refractivity (Wildman–Crippen MR) is 82.0 cm³/mol. The van der Waals surface area contributed by atoms with Gasteiger partial charge in [-0.3, -0.25) is 4.79 Å². The van der Waals surface area contributed by atoms with Crippen molar-refractivity contribution < 1.29 is 13.2 Å². The molecule has 0 atom stereocenters. The Balaban J connectivity index is 2.14. The van der Waals surface area contributed by atoms with E-state index in [9.17, 15) is 13.2 Å². The van der Waals surface area contributed by atoms with Crippen LogP contribution in [0.25, 0.3) is 0 Å². The van der Waals surface area contributed by atoms with E-state index in [1.807, 2.05) is 6.92 Å². The topological polar surface area (TPSA) is 76.1 Å². The molecular weight excluding hydrogens is 308 g/mol. The van der Waals surface area contributed by atoms with Gasteiger partial charge in [0.25, 0.3) is 0 Å². The maximum Gasteiger partial charge on any atom is 0.240 e. The number of sulfonamides is 1. The third-order valence-electron chi connectivity index (χ3n) is 2.91. The molecule has 0 aliphatic rings. The minimum Gasteiger partial charge on any atom is -0.295 e. The molecule has 1 heterocycles. The molecular formula is C14H16N2O3S2. The molecule has 0 saturated heterocycles. The molecule has 0 aliphatic carbocycles. The fourth-order valence-electron chi connectivity index (χ4n) is 1.72. The SMILES string of the molecule is CCc1cnc(CNS(=O)(=O)c2cccc(C(C)=O)c2)s1. The standard InChI is InChI=1S/C14H16N2O3S2/c1-3-12-8-15-14(20-12)9-16-21(18,19)13-6-4-5-11(7-13)10(2)17/h4-8,16H,3,9H2,1-2H3. The van der Waals surface area contributed by atoms with Crippen LogP contribution in [0.2, 0.25) is 0 Å². The number of nitrogens with zero attached hydrogens (tertiary/aromatic N) is 1. The van der Waals surface area contributed by atoms with E-state index in [2.05, 4.69) is 9.71 Å². The summed E-state index contributed by atoms with van der Waals surface area (Å²) < 4.78 is 26.9. The van der Waals surface area contributed by atoms with Crippen molar-refractivity contribution in [2.24, 2.45) is 0 Å². The molecule has 21 heavy (non-hydrogen) atoms. The van der Waals surface area contributed by atoms with E-state index in [4.69, 9.17) is 0 Å². The summed E-state index contributed by atoms with van der Waals surface area (Å²) in [6, 6.07) is 6.00. The van der Waals surface area contributed by atoms with E-state index in [1.54, 1.807) is 18.3 Å². The highest BCUT2D eigenvalue weighted by molar-refractivity contribution is 7.89. The van der Waals surface area contributed by atoms with Gasteiger partial charge < -0.3 is 0 Å². The van der Waals surface area contributed by atoms with Gasteiger partial charge >= 0.3 is 0 Å². The van der Waals surface area contributed by atoms with Crippen molar-refractivity contribution in [1.29, 1.82) is 0 Å². The Hall–Kier alpha value is -1.57. The third-order valence-corrected chi connectivity index (χ3v) is 5.45. The molecule has 1 N–H and O–H groups in total. The van der Waals surface area contributed by atoms with E-state index >= 15 is 0 Å². The number of carbonyl (C=O) groups excluding carboxylic acids is 1. The van der Waals surface area contributed by atoms with Crippen LogP contribution in [0.5, 0.6) is 0 Å². The summed E-state index contributed by atoms with van der Waals surface area (Å²) in [4.78, 5) is 16.7. The van der Waals surface area contributed by atoms with Crippen LogP contribution >= 0.6 is 11.3 Å². The lowest BCUT2D eigenvalue weighted by Gasteiger charge is -2.06. The first kappa shape index (κ1) is 15.8. The molecule has 0 unspecified atom stereocenters. The molecule has 0 fully saturated rings. The molecule has 1 aromatic heterocycles. The van der Waals surface area contributed by atoms with E-state index in [-0.39, 0.29) is 17.2 Å². The lowest BCUT2D eigenvalue weighted by atomic mass is 10.2. The Morgan fingerprint density at radius 1 is 1.38 bits per heavy atom.